The Bertz CT molecular complexity index is 976. The number of rotatable bonds is 6. The Balaban J connectivity index is 1.18. The van der Waals surface area contributed by atoms with E-state index in [2.05, 4.69) is 15.5 Å². The zero-order chi connectivity index (χ0) is 22.5. The second-order valence-corrected chi connectivity index (χ2v) is 8.56. The second kappa shape index (κ2) is 8.15. The van der Waals surface area contributed by atoms with Crippen LogP contribution < -0.4 is 5.32 Å². The van der Waals surface area contributed by atoms with E-state index in [1.807, 2.05) is 4.90 Å². The van der Waals surface area contributed by atoms with Gasteiger partial charge >= 0.3 is 0 Å². The summed E-state index contributed by atoms with van der Waals surface area (Å²) in [6.07, 6.45) is 2.35. The first-order valence-electron chi connectivity index (χ1n) is 11.4. The normalized spacial score (nSPS) is 28.0. The van der Waals surface area contributed by atoms with E-state index in [1.165, 1.54) is 6.07 Å². The van der Waals surface area contributed by atoms with Crippen LogP contribution >= 0.6 is 0 Å². The van der Waals surface area contributed by atoms with Crippen LogP contribution in [0.1, 0.15) is 22.0 Å². The standard InChI is InChI=1S/C22H25F3N4O/c23-16-7-18(22(25)19(24)8-16)20-1-2-21(28-27-20)26-17-5-14-9-29(10-15(14)6-17)4-3-13-11-30-12-13/h1-2,7-8,13-15,17H,3-6,9-12H2,(H,26,28)/t14-,15+,17?/i4D2. The molecule has 3 aliphatic rings. The van der Waals surface area contributed by atoms with Gasteiger partial charge in [0, 0.05) is 39.4 Å². The number of benzene rings is 1. The van der Waals surface area contributed by atoms with Crippen molar-refractivity contribution in [3.05, 3.63) is 41.7 Å². The van der Waals surface area contributed by atoms with Crippen molar-refractivity contribution in [1.82, 2.24) is 15.1 Å². The van der Waals surface area contributed by atoms with Crippen molar-refractivity contribution >= 4 is 5.82 Å². The molecule has 1 saturated carbocycles. The first-order chi connectivity index (χ1) is 15.3. The maximum atomic E-state index is 14.0. The summed E-state index contributed by atoms with van der Waals surface area (Å²) in [5, 5.41) is 11.3. The molecule has 5 nitrogen and oxygen atoms in total. The zero-order valence-corrected chi connectivity index (χ0v) is 16.5. The number of hydrogen-bond acceptors (Lipinski definition) is 5. The quantitative estimate of drug-likeness (QED) is 0.722. The Hall–Kier alpha value is -2.19. The van der Waals surface area contributed by atoms with Crippen LogP contribution in [-0.2, 0) is 4.74 Å². The van der Waals surface area contributed by atoms with Gasteiger partial charge in [-0.2, -0.15) is 0 Å². The van der Waals surface area contributed by atoms with Gasteiger partial charge in [-0.05, 0) is 55.8 Å². The van der Waals surface area contributed by atoms with Crippen LogP contribution in [0.4, 0.5) is 19.0 Å². The van der Waals surface area contributed by atoms with Crippen LogP contribution in [-0.4, -0.2) is 53.9 Å². The molecular formula is C22H25F3N4O. The topological polar surface area (TPSA) is 50.3 Å². The van der Waals surface area contributed by atoms with E-state index in [9.17, 15) is 13.2 Å². The monoisotopic (exact) mass is 420 g/mol. The molecule has 30 heavy (non-hydrogen) atoms. The van der Waals surface area contributed by atoms with E-state index < -0.39 is 23.9 Å². The van der Waals surface area contributed by atoms with Gasteiger partial charge in [-0.15, -0.1) is 10.2 Å². The number of nitrogens with zero attached hydrogens (tertiary/aromatic N) is 3. The molecule has 5 rings (SSSR count). The predicted molar refractivity (Wildman–Crippen MR) is 106 cm³/mol. The lowest BCUT2D eigenvalue weighted by atomic mass is 10.0. The highest BCUT2D eigenvalue weighted by molar-refractivity contribution is 5.60. The van der Waals surface area contributed by atoms with Crippen LogP contribution in [0.25, 0.3) is 11.3 Å². The summed E-state index contributed by atoms with van der Waals surface area (Å²) in [5.74, 6) is -1.60. The van der Waals surface area contributed by atoms with Crippen molar-refractivity contribution in [2.24, 2.45) is 17.8 Å². The van der Waals surface area contributed by atoms with Crippen molar-refractivity contribution in [2.45, 2.75) is 25.3 Å². The van der Waals surface area contributed by atoms with Gasteiger partial charge in [0.25, 0.3) is 0 Å². The van der Waals surface area contributed by atoms with E-state index in [-0.39, 0.29) is 17.3 Å². The molecule has 0 radical (unpaired) electrons. The predicted octanol–water partition coefficient (Wildman–Crippen LogP) is 3.72. The highest BCUT2D eigenvalue weighted by Gasteiger charge is 2.41. The SMILES string of the molecule is [2H]C([2H])(CC1COC1)N1C[C@H]2CC(Nc3ccc(-c4cc(F)cc(F)c4F)nn3)C[C@H]2C1. The third kappa shape index (κ3) is 4.03. The average molecular weight is 420 g/mol. The summed E-state index contributed by atoms with van der Waals surface area (Å²) in [6.45, 7) is 1.52. The molecule has 3 fully saturated rings. The Morgan fingerprint density at radius 1 is 1.10 bits per heavy atom. The van der Waals surface area contributed by atoms with Crippen molar-refractivity contribution in [1.29, 1.82) is 0 Å². The molecule has 1 N–H and O–H groups in total. The Morgan fingerprint density at radius 3 is 2.50 bits per heavy atom. The van der Waals surface area contributed by atoms with Crippen LogP contribution in [0.3, 0.4) is 0 Å². The maximum absolute atomic E-state index is 14.0. The fourth-order valence-electron chi connectivity index (χ4n) is 4.71. The molecule has 0 bridgehead atoms. The fraction of sp³-hybridized carbons (Fsp3) is 0.545. The van der Waals surface area contributed by atoms with Crippen molar-refractivity contribution in [2.75, 3.05) is 38.1 Å². The highest BCUT2D eigenvalue weighted by Crippen LogP contribution is 2.39. The number of hydrogen-bond donors (Lipinski definition) is 1. The van der Waals surface area contributed by atoms with Crippen molar-refractivity contribution in [3.8, 4) is 11.3 Å². The first-order valence-corrected chi connectivity index (χ1v) is 10.4. The number of ether oxygens (including phenoxy) is 1. The van der Waals surface area contributed by atoms with Gasteiger partial charge in [0.05, 0.1) is 18.9 Å². The summed E-state index contributed by atoms with van der Waals surface area (Å²) in [7, 11) is 0. The Labute approximate surface area is 176 Å². The lowest BCUT2D eigenvalue weighted by Gasteiger charge is -2.28. The largest absolute Gasteiger partial charge is 0.381 e. The molecule has 3 heterocycles. The minimum absolute atomic E-state index is 0.0597. The summed E-state index contributed by atoms with van der Waals surface area (Å²) in [4.78, 5) is 1.98. The molecule has 8 heteroatoms. The minimum atomic E-state index is -1.30. The molecule has 1 aromatic carbocycles. The molecule has 2 aliphatic heterocycles. The molecule has 3 atom stereocenters. The molecule has 1 aliphatic carbocycles. The van der Waals surface area contributed by atoms with Gasteiger partial charge < -0.3 is 15.0 Å². The number of anilines is 1. The van der Waals surface area contributed by atoms with E-state index in [1.54, 1.807) is 6.07 Å². The molecule has 0 amide bonds. The van der Waals surface area contributed by atoms with E-state index in [0.717, 1.165) is 32.0 Å². The van der Waals surface area contributed by atoms with Gasteiger partial charge in [0.2, 0.25) is 0 Å². The minimum Gasteiger partial charge on any atom is -0.381 e. The number of nitrogens with one attached hydrogen (secondary N) is 1. The summed E-state index contributed by atoms with van der Waals surface area (Å²) >= 11 is 0. The van der Waals surface area contributed by atoms with Crippen molar-refractivity contribution in [3.63, 3.8) is 0 Å². The molecule has 0 spiro atoms. The van der Waals surface area contributed by atoms with Gasteiger partial charge in [0.1, 0.15) is 11.6 Å². The Morgan fingerprint density at radius 2 is 1.87 bits per heavy atom. The van der Waals surface area contributed by atoms with Crippen molar-refractivity contribution < 1.29 is 20.6 Å². The number of aromatic nitrogens is 2. The fourth-order valence-corrected chi connectivity index (χ4v) is 4.71. The summed E-state index contributed by atoms with van der Waals surface area (Å²) in [6, 6.07) is 4.71. The molecule has 160 valence electrons. The molecule has 1 unspecified atom stereocenters. The second-order valence-electron chi connectivity index (χ2n) is 8.56. The van der Waals surface area contributed by atoms with E-state index in [0.29, 0.717) is 49.3 Å². The molecule has 2 aromatic rings. The molecular weight excluding hydrogens is 393 g/mol. The Kier molecular flexibility index (Phi) is 4.75. The van der Waals surface area contributed by atoms with Gasteiger partial charge in [-0.1, -0.05) is 0 Å². The van der Waals surface area contributed by atoms with Crippen LogP contribution in [0.2, 0.25) is 0 Å². The molecule has 1 aromatic heterocycles. The van der Waals surface area contributed by atoms with E-state index >= 15 is 0 Å². The van der Waals surface area contributed by atoms with Gasteiger partial charge in [0.15, 0.2) is 11.6 Å². The number of halogens is 3. The van der Waals surface area contributed by atoms with Crippen LogP contribution in [0, 0.1) is 35.2 Å². The third-order valence-electron chi connectivity index (χ3n) is 6.35. The lowest BCUT2D eigenvalue weighted by Crippen LogP contribution is -2.33. The van der Waals surface area contributed by atoms with Gasteiger partial charge in [-0.25, -0.2) is 13.2 Å². The van der Waals surface area contributed by atoms with Crippen LogP contribution in [0.15, 0.2) is 24.3 Å². The average Bonchev–Trinajstić information content (AvgIpc) is 3.28. The highest BCUT2D eigenvalue weighted by atomic mass is 19.2. The zero-order valence-electron chi connectivity index (χ0n) is 18.5. The summed E-state index contributed by atoms with van der Waals surface area (Å²) in [5.41, 5.74) is -0.204. The number of fused-ring (bicyclic) bond motifs is 1. The van der Waals surface area contributed by atoms with Crippen LogP contribution in [0.5, 0.6) is 0 Å². The maximum Gasteiger partial charge on any atom is 0.168 e. The molecule has 2 saturated heterocycles. The van der Waals surface area contributed by atoms with Gasteiger partial charge in [-0.3, -0.25) is 0 Å². The van der Waals surface area contributed by atoms with E-state index in [4.69, 9.17) is 7.48 Å². The smallest absolute Gasteiger partial charge is 0.168 e. The summed E-state index contributed by atoms with van der Waals surface area (Å²) < 4.78 is 63.0. The third-order valence-corrected chi connectivity index (χ3v) is 6.35. The first kappa shape index (κ1) is 17.5. The number of likely N-dealkylation sites (tertiary alicyclic amines) is 1. The lowest BCUT2D eigenvalue weighted by molar-refractivity contribution is -0.0385.